The summed E-state index contributed by atoms with van der Waals surface area (Å²) in [6, 6.07) is 19.9. The summed E-state index contributed by atoms with van der Waals surface area (Å²) in [4.78, 5) is 2.33. The minimum atomic E-state index is 0.276. The first-order valence-corrected chi connectivity index (χ1v) is 7.82. The highest BCUT2D eigenvalue weighted by atomic mass is 15.1. The van der Waals surface area contributed by atoms with Crippen LogP contribution in [0.3, 0.4) is 0 Å². The first-order valence-electron chi connectivity index (χ1n) is 7.82. The quantitative estimate of drug-likeness (QED) is 0.874. The Morgan fingerprint density at radius 2 is 1.71 bits per heavy atom. The molecular weight excluding hydrogens is 256 g/mol. The number of hydrogen-bond donors (Lipinski definition) is 1. The molecule has 2 aromatic carbocycles. The summed E-state index contributed by atoms with van der Waals surface area (Å²) in [6.45, 7) is 1.57. The molecule has 2 N–H and O–H groups in total. The van der Waals surface area contributed by atoms with Crippen LogP contribution >= 0.6 is 0 Å². The van der Waals surface area contributed by atoms with E-state index in [0.717, 1.165) is 12.5 Å². The third-order valence-electron chi connectivity index (χ3n) is 4.40. The SMILES string of the molecule is CN(Cc1ccccc1)C(CN)c1ccc(C2CC2)cc1. The lowest BCUT2D eigenvalue weighted by atomic mass is 10.0. The molecular formula is C19H24N2. The van der Waals surface area contributed by atoms with Gasteiger partial charge in [-0.2, -0.15) is 0 Å². The van der Waals surface area contributed by atoms with Gasteiger partial charge in [-0.05, 0) is 42.5 Å². The zero-order chi connectivity index (χ0) is 14.7. The van der Waals surface area contributed by atoms with E-state index in [4.69, 9.17) is 5.73 Å². The molecule has 1 atom stereocenters. The maximum absolute atomic E-state index is 6.03. The van der Waals surface area contributed by atoms with Crippen molar-refractivity contribution in [3.63, 3.8) is 0 Å². The zero-order valence-corrected chi connectivity index (χ0v) is 12.7. The molecule has 110 valence electrons. The van der Waals surface area contributed by atoms with Crippen molar-refractivity contribution in [1.82, 2.24) is 4.90 Å². The number of hydrogen-bond acceptors (Lipinski definition) is 2. The highest BCUT2D eigenvalue weighted by molar-refractivity contribution is 5.30. The molecule has 2 heteroatoms. The van der Waals surface area contributed by atoms with Crippen molar-refractivity contribution in [1.29, 1.82) is 0 Å². The van der Waals surface area contributed by atoms with E-state index in [-0.39, 0.29) is 6.04 Å². The Kier molecular flexibility index (Phi) is 4.37. The molecule has 1 aliphatic rings. The van der Waals surface area contributed by atoms with Gasteiger partial charge in [-0.3, -0.25) is 4.90 Å². The summed E-state index contributed by atoms with van der Waals surface area (Å²) in [5.41, 5.74) is 10.2. The predicted molar refractivity (Wildman–Crippen MR) is 88.1 cm³/mol. The summed E-state index contributed by atoms with van der Waals surface area (Å²) in [5, 5.41) is 0. The maximum atomic E-state index is 6.03. The molecule has 2 aromatic rings. The number of rotatable bonds is 6. The molecule has 1 saturated carbocycles. The summed E-state index contributed by atoms with van der Waals surface area (Å²) in [7, 11) is 2.15. The Morgan fingerprint density at radius 3 is 2.29 bits per heavy atom. The summed E-state index contributed by atoms with van der Waals surface area (Å²) in [5.74, 6) is 0.817. The van der Waals surface area contributed by atoms with E-state index in [2.05, 4.69) is 66.5 Å². The normalized spacial score (nSPS) is 16.1. The standard InChI is InChI=1S/C19H24N2/c1-21(14-15-5-3-2-4-6-15)19(13-20)18-11-9-17(10-12-18)16-7-8-16/h2-6,9-12,16,19H,7-8,13-14,20H2,1H3. The molecule has 3 rings (SSSR count). The molecule has 1 fully saturated rings. The van der Waals surface area contributed by atoms with Gasteiger partial charge in [0, 0.05) is 19.1 Å². The van der Waals surface area contributed by atoms with E-state index in [1.807, 2.05) is 0 Å². The van der Waals surface area contributed by atoms with Gasteiger partial charge in [-0.25, -0.2) is 0 Å². The van der Waals surface area contributed by atoms with Crippen molar-refractivity contribution in [2.45, 2.75) is 31.3 Å². The van der Waals surface area contributed by atoms with Gasteiger partial charge in [0.05, 0.1) is 0 Å². The van der Waals surface area contributed by atoms with Gasteiger partial charge in [0.2, 0.25) is 0 Å². The Morgan fingerprint density at radius 1 is 1.05 bits per heavy atom. The number of nitrogens with two attached hydrogens (primary N) is 1. The van der Waals surface area contributed by atoms with Gasteiger partial charge in [0.1, 0.15) is 0 Å². The van der Waals surface area contributed by atoms with Crippen LogP contribution < -0.4 is 5.73 Å². The second kappa shape index (κ2) is 6.42. The minimum absolute atomic E-state index is 0.276. The van der Waals surface area contributed by atoms with E-state index in [1.54, 1.807) is 0 Å². The molecule has 0 bridgehead atoms. The first-order chi connectivity index (χ1) is 10.3. The molecule has 0 spiro atoms. The van der Waals surface area contributed by atoms with Crippen LogP contribution in [0.15, 0.2) is 54.6 Å². The molecule has 1 aliphatic carbocycles. The molecule has 0 amide bonds. The van der Waals surface area contributed by atoms with Crippen LogP contribution in [-0.2, 0) is 6.54 Å². The predicted octanol–water partition coefficient (Wildman–Crippen LogP) is 3.70. The average Bonchev–Trinajstić information content (AvgIpc) is 3.34. The maximum Gasteiger partial charge on any atom is 0.0470 e. The van der Waals surface area contributed by atoms with Crippen molar-refractivity contribution in [3.8, 4) is 0 Å². The lowest BCUT2D eigenvalue weighted by Crippen LogP contribution is -2.30. The zero-order valence-electron chi connectivity index (χ0n) is 12.7. The fourth-order valence-electron chi connectivity index (χ4n) is 2.96. The van der Waals surface area contributed by atoms with Crippen LogP contribution in [0.25, 0.3) is 0 Å². The molecule has 0 radical (unpaired) electrons. The molecule has 1 unspecified atom stereocenters. The third kappa shape index (κ3) is 3.52. The summed E-state index contributed by atoms with van der Waals surface area (Å²) in [6.07, 6.45) is 2.71. The van der Waals surface area contributed by atoms with E-state index in [0.29, 0.717) is 6.54 Å². The number of benzene rings is 2. The Labute approximate surface area is 127 Å². The monoisotopic (exact) mass is 280 g/mol. The summed E-state index contributed by atoms with van der Waals surface area (Å²) >= 11 is 0. The van der Waals surface area contributed by atoms with Gasteiger partial charge in [-0.15, -0.1) is 0 Å². The van der Waals surface area contributed by atoms with Gasteiger partial charge in [-0.1, -0.05) is 54.6 Å². The molecule has 21 heavy (non-hydrogen) atoms. The number of likely N-dealkylation sites (N-methyl/N-ethyl adjacent to an activating group) is 1. The Balaban J connectivity index is 1.70. The van der Waals surface area contributed by atoms with Crippen LogP contribution in [0, 0.1) is 0 Å². The van der Waals surface area contributed by atoms with Crippen molar-refractivity contribution < 1.29 is 0 Å². The van der Waals surface area contributed by atoms with Crippen molar-refractivity contribution in [3.05, 3.63) is 71.3 Å². The second-order valence-corrected chi connectivity index (χ2v) is 6.09. The highest BCUT2D eigenvalue weighted by Gasteiger charge is 2.23. The van der Waals surface area contributed by atoms with Crippen molar-refractivity contribution in [2.75, 3.05) is 13.6 Å². The van der Waals surface area contributed by atoms with E-state index in [9.17, 15) is 0 Å². The van der Waals surface area contributed by atoms with E-state index >= 15 is 0 Å². The van der Waals surface area contributed by atoms with Crippen LogP contribution in [-0.4, -0.2) is 18.5 Å². The van der Waals surface area contributed by atoms with Gasteiger partial charge < -0.3 is 5.73 Å². The Hall–Kier alpha value is -1.64. The first kappa shape index (κ1) is 14.3. The topological polar surface area (TPSA) is 29.3 Å². The molecule has 0 saturated heterocycles. The van der Waals surface area contributed by atoms with Crippen LogP contribution in [0.5, 0.6) is 0 Å². The lowest BCUT2D eigenvalue weighted by Gasteiger charge is -2.27. The Bertz CT molecular complexity index is 558. The van der Waals surface area contributed by atoms with Crippen molar-refractivity contribution >= 4 is 0 Å². The van der Waals surface area contributed by atoms with Crippen LogP contribution in [0.4, 0.5) is 0 Å². The van der Waals surface area contributed by atoms with Gasteiger partial charge in [0.15, 0.2) is 0 Å². The minimum Gasteiger partial charge on any atom is -0.329 e. The number of nitrogens with zero attached hydrogens (tertiary/aromatic N) is 1. The molecule has 2 nitrogen and oxygen atoms in total. The smallest absolute Gasteiger partial charge is 0.0470 e. The van der Waals surface area contributed by atoms with Crippen molar-refractivity contribution in [2.24, 2.45) is 5.73 Å². The molecule has 0 aliphatic heterocycles. The van der Waals surface area contributed by atoms with E-state index in [1.165, 1.54) is 29.5 Å². The van der Waals surface area contributed by atoms with Crippen LogP contribution in [0.2, 0.25) is 0 Å². The third-order valence-corrected chi connectivity index (χ3v) is 4.40. The highest BCUT2D eigenvalue weighted by Crippen LogP contribution is 2.40. The van der Waals surface area contributed by atoms with Gasteiger partial charge in [0.25, 0.3) is 0 Å². The van der Waals surface area contributed by atoms with E-state index < -0.39 is 0 Å². The molecule has 0 aromatic heterocycles. The molecule has 0 heterocycles. The second-order valence-electron chi connectivity index (χ2n) is 6.09. The fourth-order valence-corrected chi connectivity index (χ4v) is 2.96. The largest absolute Gasteiger partial charge is 0.329 e. The van der Waals surface area contributed by atoms with Crippen LogP contribution in [0.1, 0.15) is 41.5 Å². The fraction of sp³-hybridized carbons (Fsp3) is 0.368. The van der Waals surface area contributed by atoms with Gasteiger partial charge >= 0.3 is 0 Å². The lowest BCUT2D eigenvalue weighted by molar-refractivity contribution is 0.242. The average molecular weight is 280 g/mol. The summed E-state index contributed by atoms with van der Waals surface area (Å²) < 4.78 is 0.